The molecule has 0 unspecified atom stereocenters. The Morgan fingerprint density at radius 1 is 1.22 bits per heavy atom. The summed E-state index contributed by atoms with van der Waals surface area (Å²) in [5, 5.41) is 6.12. The Kier molecular flexibility index (Phi) is 6.84. The van der Waals surface area contributed by atoms with Crippen molar-refractivity contribution in [2.75, 3.05) is 18.4 Å². The van der Waals surface area contributed by atoms with Gasteiger partial charge in [0, 0.05) is 24.8 Å². The number of nitrogens with one attached hydrogen (secondary N) is 2. The Hall–Kier alpha value is -1.58. The number of aromatic nitrogens is 1. The summed E-state index contributed by atoms with van der Waals surface area (Å²) in [4.78, 5) is 16.0. The van der Waals surface area contributed by atoms with Crippen molar-refractivity contribution in [1.82, 2.24) is 10.3 Å². The highest BCUT2D eigenvalue weighted by Gasteiger charge is 2.05. The van der Waals surface area contributed by atoms with Crippen molar-refractivity contribution in [3.05, 3.63) is 23.9 Å². The van der Waals surface area contributed by atoms with Gasteiger partial charge in [0.15, 0.2) is 0 Å². The molecule has 0 radical (unpaired) electrons. The second kappa shape index (κ2) is 8.50. The molecule has 0 aliphatic rings. The van der Waals surface area contributed by atoms with Crippen LogP contribution >= 0.6 is 0 Å². The normalized spacial score (nSPS) is 10.1. The number of anilines is 1. The summed E-state index contributed by atoms with van der Waals surface area (Å²) in [6.07, 6.45) is 6.01. The second-order valence-corrected chi connectivity index (χ2v) is 4.32. The first kappa shape index (κ1) is 14.5. The summed E-state index contributed by atoms with van der Waals surface area (Å²) >= 11 is 0. The van der Waals surface area contributed by atoms with E-state index in [1.165, 1.54) is 0 Å². The molecule has 4 heteroatoms. The molecule has 0 aliphatic carbocycles. The average Bonchev–Trinajstić information content (AvgIpc) is 2.39. The predicted octanol–water partition coefficient (Wildman–Crippen LogP) is 2.82. The third-order valence-corrected chi connectivity index (χ3v) is 2.67. The lowest BCUT2D eigenvalue weighted by molar-refractivity contribution is 0.0953. The van der Waals surface area contributed by atoms with E-state index in [0.717, 1.165) is 44.6 Å². The third-order valence-electron chi connectivity index (χ3n) is 2.67. The van der Waals surface area contributed by atoms with Gasteiger partial charge in [0.2, 0.25) is 0 Å². The largest absolute Gasteiger partial charge is 0.370 e. The predicted molar refractivity (Wildman–Crippen MR) is 74.9 cm³/mol. The molecular weight excluding hydrogens is 226 g/mol. The number of carbonyl (C=O) groups is 1. The van der Waals surface area contributed by atoms with Gasteiger partial charge in [-0.1, -0.05) is 26.7 Å². The Labute approximate surface area is 109 Å². The first-order valence-corrected chi connectivity index (χ1v) is 6.76. The first-order valence-electron chi connectivity index (χ1n) is 6.76. The number of hydrogen-bond acceptors (Lipinski definition) is 3. The molecule has 0 aliphatic heterocycles. The number of carbonyl (C=O) groups excluding carboxylic acids is 1. The maximum absolute atomic E-state index is 11.8. The van der Waals surface area contributed by atoms with E-state index in [4.69, 9.17) is 0 Å². The van der Waals surface area contributed by atoms with E-state index >= 15 is 0 Å². The zero-order chi connectivity index (χ0) is 13.2. The van der Waals surface area contributed by atoms with Crippen LogP contribution in [0.15, 0.2) is 18.3 Å². The molecule has 100 valence electrons. The molecule has 18 heavy (non-hydrogen) atoms. The number of nitrogens with zero attached hydrogens (tertiary/aromatic N) is 1. The zero-order valence-electron chi connectivity index (χ0n) is 11.3. The van der Waals surface area contributed by atoms with Crippen LogP contribution in [0, 0.1) is 0 Å². The highest BCUT2D eigenvalue weighted by Crippen LogP contribution is 2.07. The molecule has 1 aromatic rings. The van der Waals surface area contributed by atoms with Crippen molar-refractivity contribution in [2.45, 2.75) is 39.5 Å². The summed E-state index contributed by atoms with van der Waals surface area (Å²) in [7, 11) is 0. The number of hydrogen-bond donors (Lipinski definition) is 2. The lowest BCUT2D eigenvalue weighted by Gasteiger charge is -2.07. The second-order valence-electron chi connectivity index (χ2n) is 4.32. The zero-order valence-corrected chi connectivity index (χ0v) is 11.3. The molecule has 1 amide bonds. The van der Waals surface area contributed by atoms with Crippen LogP contribution < -0.4 is 10.6 Å². The molecule has 0 saturated heterocycles. The molecule has 4 nitrogen and oxygen atoms in total. The monoisotopic (exact) mass is 249 g/mol. The van der Waals surface area contributed by atoms with Gasteiger partial charge in [-0.3, -0.25) is 4.79 Å². The van der Waals surface area contributed by atoms with Crippen LogP contribution in [-0.4, -0.2) is 24.0 Å². The van der Waals surface area contributed by atoms with Crippen molar-refractivity contribution in [3.8, 4) is 0 Å². The van der Waals surface area contributed by atoms with E-state index in [1.807, 2.05) is 0 Å². The van der Waals surface area contributed by atoms with Crippen molar-refractivity contribution in [2.24, 2.45) is 0 Å². The molecule has 0 spiro atoms. The van der Waals surface area contributed by atoms with E-state index in [9.17, 15) is 4.79 Å². The molecular formula is C14H23N3O. The van der Waals surface area contributed by atoms with Gasteiger partial charge in [0.05, 0.1) is 0 Å². The van der Waals surface area contributed by atoms with Crippen LogP contribution in [0.5, 0.6) is 0 Å². The maximum Gasteiger partial charge on any atom is 0.251 e. The third kappa shape index (κ3) is 5.17. The van der Waals surface area contributed by atoms with Crippen LogP contribution in [-0.2, 0) is 0 Å². The molecule has 2 N–H and O–H groups in total. The summed E-state index contributed by atoms with van der Waals surface area (Å²) in [6, 6.07) is 3.54. The molecule has 1 aromatic heterocycles. The molecule has 1 heterocycles. The first-order chi connectivity index (χ1) is 8.77. The Morgan fingerprint density at radius 2 is 1.94 bits per heavy atom. The lowest BCUT2D eigenvalue weighted by Crippen LogP contribution is -2.24. The minimum absolute atomic E-state index is 0.0237. The number of pyridine rings is 1. The van der Waals surface area contributed by atoms with Gasteiger partial charge < -0.3 is 10.6 Å². The fourth-order valence-electron chi connectivity index (χ4n) is 1.54. The van der Waals surface area contributed by atoms with Crippen LogP contribution in [0.1, 0.15) is 49.9 Å². The minimum atomic E-state index is -0.0237. The Bertz CT molecular complexity index is 366. The highest BCUT2D eigenvalue weighted by atomic mass is 16.1. The molecule has 0 aromatic carbocycles. The summed E-state index contributed by atoms with van der Waals surface area (Å²) < 4.78 is 0. The highest BCUT2D eigenvalue weighted by molar-refractivity contribution is 5.94. The smallest absolute Gasteiger partial charge is 0.251 e. The van der Waals surface area contributed by atoms with Crippen LogP contribution in [0.4, 0.5) is 5.82 Å². The molecule has 0 atom stereocenters. The Morgan fingerprint density at radius 3 is 2.67 bits per heavy atom. The van der Waals surface area contributed by atoms with Gasteiger partial charge in [-0.05, 0) is 25.0 Å². The molecule has 0 bridgehead atoms. The van der Waals surface area contributed by atoms with E-state index in [2.05, 4.69) is 29.5 Å². The standard InChI is InChI=1S/C14H23N3O/c1-3-5-8-15-13-11-12(7-10-16-13)14(18)17-9-6-4-2/h7,10-11H,3-6,8-9H2,1-2H3,(H,15,16)(H,17,18). The van der Waals surface area contributed by atoms with E-state index in [-0.39, 0.29) is 5.91 Å². The lowest BCUT2D eigenvalue weighted by atomic mass is 10.2. The van der Waals surface area contributed by atoms with Crippen molar-refractivity contribution < 1.29 is 4.79 Å². The summed E-state index contributed by atoms with van der Waals surface area (Å²) in [5.74, 6) is 0.746. The quantitative estimate of drug-likeness (QED) is 0.697. The van der Waals surface area contributed by atoms with Crippen LogP contribution in [0.25, 0.3) is 0 Å². The van der Waals surface area contributed by atoms with Gasteiger partial charge in [-0.25, -0.2) is 4.98 Å². The molecule has 1 rings (SSSR count). The van der Waals surface area contributed by atoms with Gasteiger partial charge >= 0.3 is 0 Å². The van der Waals surface area contributed by atoms with Crippen molar-refractivity contribution >= 4 is 11.7 Å². The van der Waals surface area contributed by atoms with E-state index < -0.39 is 0 Å². The topological polar surface area (TPSA) is 54.0 Å². The Balaban J connectivity index is 2.49. The average molecular weight is 249 g/mol. The van der Waals surface area contributed by atoms with E-state index in [1.54, 1.807) is 18.3 Å². The minimum Gasteiger partial charge on any atom is -0.370 e. The van der Waals surface area contributed by atoms with Gasteiger partial charge in [0.25, 0.3) is 5.91 Å². The van der Waals surface area contributed by atoms with Crippen molar-refractivity contribution in [1.29, 1.82) is 0 Å². The van der Waals surface area contributed by atoms with Crippen LogP contribution in [0.2, 0.25) is 0 Å². The van der Waals surface area contributed by atoms with Crippen LogP contribution in [0.3, 0.4) is 0 Å². The summed E-state index contributed by atoms with van der Waals surface area (Å²) in [5.41, 5.74) is 0.667. The SMILES string of the molecule is CCCCNC(=O)c1ccnc(NCCCC)c1. The fourth-order valence-corrected chi connectivity index (χ4v) is 1.54. The van der Waals surface area contributed by atoms with Gasteiger partial charge in [-0.15, -0.1) is 0 Å². The summed E-state index contributed by atoms with van der Waals surface area (Å²) in [6.45, 7) is 5.88. The van der Waals surface area contributed by atoms with Gasteiger partial charge in [-0.2, -0.15) is 0 Å². The van der Waals surface area contributed by atoms with E-state index in [0.29, 0.717) is 5.56 Å². The maximum atomic E-state index is 11.8. The molecule has 0 fully saturated rings. The number of unbranched alkanes of at least 4 members (excludes halogenated alkanes) is 2. The molecule has 0 saturated carbocycles. The fraction of sp³-hybridized carbons (Fsp3) is 0.571. The number of amides is 1. The van der Waals surface area contributed by atoms with Crippen molar-refractivity contribution in [3.63, 3.8) is 0 Å². The van der Waals surface area contributed by atoms with Gasteiger partial charge in [0.1, 0.15) is 5.82 Å². The number of rotatable bonds is 8.